The predicted molar refractivity (Wildman–Crippen MR) is 63.1 cm³/mol. The molecule has 0 atom stereocenters. The lowest BCUT2D eigenvalue weighted by Crippen LogP contribution is -2.43. The number of ether oxygens (including phenoxy) is 1. The van der Waals surface area contributed by atoms with Crippen LogP contribution < -0.4 is 0 Å². The molecular formula is C14H17NO. The highest BCUT2D eigenvalue weighted by Gasteiger charge is 2.38. The van der Waals surface area contributed by atoms with Gasteiger partial charge in [0.15, 0.2) is 0 Å². The molecule has 16 heavy (non-hydrogen) atoms. The lowest BCUT2D eigenvalue weighted by Gasteiger charge is -2.35. The quantitative estimate of drug-likeness (QED) is 0.776. The molecule has 0 amide bonds. The Balaban J connectivity index is 2.08. The normalized spacial score (nSPS) is 17.9. The SMILES string of the molecule is CC(C)c1ccc(CC2(C#N)COC2)cc1. The molecule has 1 fully saturated rings. The van der Waals surface area contributed by atoms with E-state index in [-0.39, 0.29) is 5.41 Å². The topological polar surface area (TPSA) is 33.0 Å². The maximum atomic E-state index is 9.11. The Morgan fingerprint density at radius 1 is 1.31 bits per heavy atom. The first-order valence-corrected chi connectivity index (χ1v) is 5.73. The molecule has 0 N–H and O–H groups in total. The zero-order valence-electron chi connectivity index (χ0n) is 9.86. The molecule has 0 saturated carbocycles. The van der Waals surface area contributed by atoms with Crippen LogP contribution in [-0.2, 0) is 11.2 Å². The van der Waals surface area contributed by atoms with Crippen molar-refractivity contribution >= 4 is 0 Å². The summed E-state index contributed by atoms with van der Waals surface area (Å²) in [5.41, 5.74) is 2.31. The van der Waals surface area contributed by atoms with Gasteiger partial charge in [0.1, 0.15) is 5.41 Å². The summed E-state index contributed by atoms with van der Waals surface area (Å²) in [5, 5.41) is 9.11. The standard InChI is InChI=1S/C14H17NO/c1-11(2)13-5-3-12(4-6-13)7-14(8-15)9-16-10-14/h3-6,11H,7,9-10H2,1-2H3. The van der Waals surface area contributed by atoms with Gasteiger partial charge in [-0.1, -0.05) is 38.1 Å². The lowest BCUT2D eigenvalue weighted by molar-refractivity contribution is -0.0765. The van der Waals surface area contributed by atoms with Crippen molar-refractivity contribution in [2.45, 2.75) is 26.2 Å². The zero-order chi connectivity index (χ0) is 11.6. The summed E-state index contributed by atoms with van der Waals surface area (Å²) >= 11 is 0. The van der Waals surface area contributed by atoms with Crippen molar-refractivity contribution in [3.05, 3.63) is 35.4 Å². The van der Waals surface area contributed by atoms with Gasteiger partial charge in [-0.3, -0.25) is 0 Å². The Kier molecular flexibility index (Phi) is 2.98. The molecule has 0 bridgehead atoms. The largest absolute Gasteiger partial charge is 0.378 e. The molecule has 0 aliphatic carbocycles. The molecule has 1 aliphatic rings. The highest BCUT2D eigenvalue weighted by atomic mass is 16.5. The molecule has 2 heteroatoms. The molecule has 0 aromatic heterocycles. The van der Waals surface area contributed by atoms with Crippen LogP contribution in [0.3, 0.4) is 0 Å². The van der Waals surface area contributed by atoms with Crippen LogP contribution in [0.2, 0.25) is 0 Å². The van der Waals surface area contributed by atoms with Crippen molar-refractivity contribution < 1.29 is 4.74 Å². The smallest absolute Gasteiger partial charge is 0.108 e. The van der Waals surface area contributed by atoms with Gasteiger partial charge in [0.2, 0.25) is 0 Å². The third kappa shape index (κ3) is 2.10. The van der Waals surface area contributed by atoms with Gasteiger partial charge in [0.25, 0.3) is 0 Å². The van der Waals surface area contributed by atoms with Gasteiger partial charge in [0.05, 0.1) is 19.3 Å². The molecule has 1 saturated heterocycles. The first kappa shape index (κ1) is 11.2. The average molecular weight is 215 g/mol. The second-order valence-electron chi connectivity index (χ2n) is 4.96. The molecule has 1 heterocycles. The Morgan fingerprint density at radius 2 is 1.94 bits per heavy atom. The van der Waals surface area contributed by atoms with Crippen molar-refractivity contribution in [2.75, 3.05) is 13.2 Å². The summed E-state index contributed by atoms with van der Waals surface area (Å²) in [7, 11) is 0. The van der Waals surface area contributed by atoms with Crippen LogP contribution in [-0.4, -0.2) is 13.2 Å². The van der Waals surface area contributed by atoms with Gasteiger partial charge in [-0.2, -0.15) is 5.26 Å². The van der Waals surface area contributed by atoms with Crippen molar-refractivity contribution in [3.8, 4) is 6.07 Å². The summed E-state index contributed by atoms with van der Waals surface area (Å²) in [5.74, 6) is 0.561. The summed E-state index contributed by atoms with van der Waals surface area (Å²) in [6, 6.07) is 11.0. The van der Waals surface area contributed by atoms with Crippen molar-refractivity contribution in [1.82, 2.24) is 0 Å². The number of benzene rings is 1. The summed E-state index contributed by atoms with van der Waals surface area (Å²) < 4.78 is 5.14. The van der Waals surface area contributed by atoms with Crippen molar-refractivity contribution in [2.24, 2.45) is 5.41 Å². The van der Waals surface area contributed by atoms with Crippen LogP contribution in [0.25, 0.3) is 0 Å². The zero-order valence-corrected chi connectivity index (χ0v) is 9.86. The molecule has 1 aromatic rings. The first-order chi connectivity index (χ1) is 7.65. The molecule has 0 radical (unpaired) electrons. The molecular weight excluding hydrogens is 198 g/mol. The van der Waals surface area contributed by atoms with Gasteiger partial charge in [-0.05, 0) is 23.5 Å². The Labute approximate surface area is 96.9 Å². The minimum Gasteiger partial charge on any atom is -0.378 e. The van der Waals surface area contributed by atoms with E-state index < -0.39 is 0 Å². The van der Waals surface area contributed by atoms with E-state index >= 15 is 0 Å². The molecule has 0 spiro atoms. The Hall–Kier alpha value is -1.33. The highest BCUT2D eigenvalue weighted by molar-refractivity contribution is 5.27. The fourth-order valence-corrected chi connectivity index (χ4v) is 1.97. The fraction of sp³-hybridized carbons (Fsp3) is 0.500. The van der Waals surface area contributed by atoms with Crippen LogP contribution >= 0.6 is 0 Å². The monoisotopic (exact) mass is 215 g/mol. The van der Waals surface area contributed by atoms with E-state index in [9.17, 15) is 0 Å². The maximum absolute atomic E-state index is 9.11. The van der Waals surface area contributed by atoms with Gasteiger partial charge < -0.3 is 4.74 Å². The van der Waals surface area contributed by atoms with Crippen molar-refractivity contribution in [1.29, 1.82) is 5.26 Å². The second kappa shape index (κ2) is 4.27. The van der Waals surface area contributed by atoms with E-state index in [2.05, 4.69) is 44.2 Å². The van der Waals surface area contributed by atoms with Crippen LogP contribution in [0.1, 0.15) is 30.9 Å². The molecule has 2 nitrogen and oxygen atoms in total. The van der Waals surface area contributed by atoms with E-state index in [1.54, 1.807) is 0 Å². The minimum atomic E-state index is -0.265. The molecule has 84 valence electrons. The van der Waals surface area contributed by atoms with E-state index in [0.29, 0.717) is 19.1 Å². The fourth-order valence-electron chi connectivity index (χ4n) is 1.97. The molecule has 2 rings (SSSR count). The highest BCUT2D eigenvalue weighted by Crippen LogP contribution is 2.31. The van der Waals surface area contributed by atoms with Gasteiger partial charge in [-0.25, -0.2) is 0 Å². The van der Waals surface area contributed by atoms with Crippen LogP contribution in [0.4, 0.5) is 0 Å². The molecule has 0 unspecified atom stereocenters. The predicted octanol–water partition coefficient (Wildman–Crippen LogP) is 2.89. The third-order valence-corrected chi connectivity index (χ3v) is 3.18. The summed E-state index contributed by atoms with van der Waals surface area (Å²) in [6.07, 6.45) is 0.807. The summed E-state index contributed by atoms with van der Waals surface area (Å²) in [6.45, 7) is 5.53. The number of rotatable bonds is 3. The number of nitriles is 1. The molecule has 1 aromatic carbocycles. The van der Waals surface area contributed by atoms with Gasteiger partial charge in [0, 0.05) is 0 Å². The Bertz CT molecular complexity index is 396. The van der Waals surface area contributed by atoms with Gasteiger partial charge >= 0.3 is 0 Å². The number of hydrogen-bond donors (Lipinski definition) is 0. The van der Waals surface area contributed by atoms with Crippen molar-refractivity contribution in [3.63, 3.8) is 0 Å². The number of hydrogen-bond acceptors (Lipinski definition) is 2. The second-order valence-corrected chi connectivity index (χ2v) is 4.96. The summed E-state index contributed by atoms with van der Waals surface area (Å²) in [4.78, 5) is 0. The third-order valence-electron chi connectivity index (χ3n) is 3.18. The number of nitrogens with zero attached hydrogens (tertiary/aromatic N) is 1. The van der Waals surface area contributed by atoms with Crippen LogP contribution in [0, 0.1) is 16.7 Å². The van der Waals surface area contributed by atoms with E-state index in [1.165, 1.54) is 11.1 Å². The molecule has 1 aliphatic heterocycles. The maximum Gasteiger partial charge on any atom is 0.108 e. The van der Waals surface area contributed by atoms with E-state index in [4.69, 9.17) is 10.00 Å². The van der Waals surface area contributed by atoms with Crippen LogP contribution in [0.15, 0.2) is 24.3 Å². The van der Waals surface area contributed by atoms with Crippen LogP contribution in [0.5, 0.6) is 0 Å². The minimum absolute atomic E-state index is 0.265. The van der Waals surface area contributed by atoms with E-state index in [0.717, 1.165) is 6.42 Å². The first-order valence-electron chi connectivity index (χ1n) is 5.73. The van der Waals surface area contributed by atoms with E-state index in [1.807, 2.05) is 0 Å². The van der Waals surface area contributed by atoms with Gasteiger partial charge in [-0.15, -0.1) is 0 Å². The lowest BCUT2D eigenvalue weighted by atomic mass is 9.81. The average Bonchev–Trinajstić information content (AvgIpc) is 2.24. The Morgan fingerprint density at radius 3 is 2.31 bits per heavy atom.